The lowest BCUT2D eigenvalue weighted by Gasteiger charge is -2.11. The minimum atomic E-state index is -0.726. The number of fused-ring (bicyclic) bond motifs is 1. The maximum absolute atomic E-state index is 12.9. The van der Waals surface area contributed by atoms with Crippen LogP contribution in [0.3, 0.4) is 0 Å². The first-order valence-corrected chi connectivity index (χ1v) is 8.09. The van der Waals surface area contributed by atoms with Gasteiger partial charge in [-0.3, -0.25) is 9.59 Å². The second kappa shape index (κ2) is 6.92. The highest BCUT2D eigenvalue weighted by atomic mass is 16.5. The van der Waals surface area contributed by atoms with Crippen molar-refractivity contribution in [2.75, 3.05) is 19.5 Å². The molecule has 0 saturated carbocycles. The summed E-state index contributed by atoms with van der Waals surface area (Å²) in [7, 11) is 4.89. The number of hydrogen-bond acceptors (Lipinski definition) is 4. The summed E-state index contributed by atoms with van der Waals surface area (Å²) in [6.45, 7) is 1.83. The number of benzene rings is 2. The Hall–Kier alpha value is -3.28. The van der Waals surface area contributed by atoms with Crippen molar-refractivity contribution in [2.45, 2.75) is 6.92 Å². The minimum Gasteiger partial charge on any atom is -0.497 e. The predicted molar refractivity (Wildman–Crippen MR) is 100 cm³/mol. The monoisotopic (exact) mass is 352 g/mol. The highest BCUT2D eigenvalue weighted by Gasteiger charge is 2.25. The van der Waals surface area contributed by atoms with Crippen LogP contribution in [0.15, 0.2) is 42.5 Å². The van der Waals surface area contributed by atoms with Gasteiger partial charge in [0.25, 0.3) is 11.7 Å². The number of aryl methyl sites for hydroxylation is 1. The Labute approximate surface area is 151 Å². The normalized spacial score (nSPS) is 10.6. The van der Waals surface area contributed by atoms with E-state index in [1.807, 2.05) is 42.8 Å². The summed E-state index contributed by atoms with van der Waals surface area (Å²) in [5.41, 5.74) is 2.43. The van der Waals surface area contributed by atoms with E-state index in [0.29, 0.717) is 22.7 Å². The van der Waals surface area contributed by atoms with Gasteiger partial charge in [0.2, 0.25) is 0 Å². The molecule has 0 fully saturated rings. The van der Waals surface area contributed by atoms with E-state index in [1.54, 1.807) is 18.2 Å². The molecule has 0 bridgehead atoms. The van der Waals surface area contributed by atoms with Gasteiger partial charge in [0.05, 0.1) is 25.5 Å². The molecule has 0 radical (unpaired) electrons. The number of para-hydroxylation sites is 1. The van der Waals surface area contributed by atoms with Gasteiger partial charge in [-0.25, -0.2) is 0 Å². The third-order valence-corrected chi connectivity index (χ3v) is 4.49. The summed E-state index contributed by atoms with van der Waals surface area (Å²) in [6.07, 6.45) is 0. The molecule has 26 heavy (non-hydrogen) atoms. The molecule has 6 nitrogen and oxygen atoms in total. The zero-order valence-corrected chi connectivity index (χ0v) is 15.1. The number of aromatic nitrogens is 1. The number of carbonyl (C=O) groups excluding carboxylic acids is 2. The average Bonchev–Trinajstić information content (AvgIpc) is 2.92. The summed E-state index contributed by atoms with van der Waals surface area (Å²) >= 11 is 0. The summed E-state index contributed by atoms with van der Waals surface area (Å²) in [4.78, 5) is 25.5. The van der Waals surface area contributed by atoms with E-state index in [4.69, 9.17) is 9.47 Å². The van der Waals surface area contributed by atoms with Crippen LogP contribution in [0.2, 0.25) is 0 Å². The minimum absolute atomic E-state index is 0.378. The SMILES string of the molecule is COc1ccc(OC)c(NC(=O)C(=O)c2c(C)n(C)c3ccccc23)c1. The second-order valence-corrected chi connectivity index (χ2v) is 5.89. The fourth-order valence-electron chi connectivity index (χ4n) is 3.01. The Bertz CT molecular complexity index is 1000. The molecule has 3 rings (SSSR count). The quantitative estimate of drug-likeness (QED) is 0.565. The highest BCUT2D eigenvalue weighted by molar-refractivity contribution is 6.48. The van der Waals surface area contributed by atoms with Crippen molar-refractivity contribution in [1.29, 1.82) is 0 Å². The van der Waals surface area contributed by atoms with E-state index in [2.05, 4.69) is 5.32 Å². The van der Waals surface area contributed by atoms with Crippen molar-refractivity contribution in [2.24, 2.45) is 7.05 Å². The number of amides is 1. The fourth-order valence-corrected chi connectivity index (χ4v) is 3.01. The van der Waals surface area contributed by atoms with E-state index >= 15 is 0 Å². The van der Waals surface area contributed by atoms with Crippen molar-refractivity contribution in [3.8, 4) is 11.5 Å². The molecule has 0 aliphatic heterocycles. The van der Waals surface area contributed by atoms with Crippen LogP contribution in [0.25, 0.3) is 10.9 Å². The highest BCUT2D eigenvalue weighted by Crippen LogP contribution is 2.30. The maximum Gasteiger partial charge on any atom is 0.296 e. The third kappa shape index (κ3) is 2.90. The summed E-state index contributed by atoms with van der Waals surface area (Å²) in [5.74, 6) is -0.323. The third-order valence-electron chi connectivity index (χ3n) is 4.49. The van der Waals surface area contributed by atoms with Crippen LogP contribution in [0.4, 0.5) is 5.69 Å². The van der Waals surface area contributed by atoms with Gasteiger partial charge in [-0.15, -0.1) is 0 Å². The molecule has 2 aromatic carbocycles. The Balaban J connectivity index is 1.97. The number of ether oxygens (including phenoxy) is 2. The summed E-state index contributed by atoms with van der Waals surface area (Å²) in [5, 5.41) is 3.39. The van der Waals surface area contributed by atoms with Crippen molar-refractivity contribution in [1.82, 2.24) is 4.57 Å². The molecule has 0 aliphatic rings. The summed E-state index contributed by atoms with van der Waals surface area (Å²) < 4.78 is 12.3. The summed E-state index contributed by atoms with van der Waals surface area (Å²) in [6, 6.07) is 12.5. The molecule has 0 aliphatic carbocycles. The number of hydrogen-bond donors (Lipinski definition) is 1. The number of rotatable bonds is 5. The largest absolute Gasteiger partial charge is 0.497 e. The van der Waals surface area contributed by atoms with E-state index in [-0.39, 0.29) is 0 Å². The first-order valence-electron chi connectivity index (χ1n) is 8.09. The first-order chi connectivity index (χ1) is 12.5. The van der Waals surface area contributed by atoms with Crippen molar-refractivity contribution >= 4 is 28.3 Å². The lowest BCUT2D eigenvalue weighted by Crippen LogP contribution is -2.23. The molecule has 134 valence electrons. The lowest BCUT2D eigenvalue weighted by molar-refractivity contribution is -0.112. The van der Waals surface area contributed by atoms with E-state index in [9.17, 15) is 9.59 Å². The predicted octanol–water partition coefficient (Wildman–Crippen LogP) is 3.33. The number of Topliss-reactive ketones (excluding diaryl/α,β-unsaturated/α-hetero) is 1. The number of nitrogens with one attached hydrogen (secondary N) is 1. The lowest BCUT2D eigenvalue weighted by atomic mass is 10.1. The number of anilines is 1. The Morgan fingerprint density at radius 2 is 1.77 bits per heavy atom. The molecule has 0 atom stereocenters. The van der Waals surface area contributed by atoms with Gasteiger partial charge in [0, 0.05) is 29.7 Å². The van der Waals surface area contributed by atoms with Crippen molar-refractivity contribution in [3.05, 3.63) is 53.7 Å². The zero-order valence-electron chi connectivity index (χ0n) is 15.1. The molecule has 1 aromatic heterocycles. The molecule has 3 aromatic rings. The molecule has 0 unspecified atom stereocenters. The Kier molecular flexibility index (Phi) is 4.67. The maximum atomic E-state index is 12.9. The van der Waals surface area contributed by atoms with Crippen LogP contribution in [-0.4, -0.2) is 30.5 Å². The average molecular weight is 352 g/mol. The van der Waals surface area contributed by atoms with E-state index in [1.165, 1.54) is 14.2 Å². The van der Waals surface area contributed by atoms with Gasteiger partial charge in [0.1, 0.15) is 11.5 Å². The Morgan fingerprint density at radius 1 is 1.04 bits per heavy atom. The van der Waals surface area contributed by atoms with Crippen molar-refractivity contribution < 1.29 is 19.1 Å². The molecule has 1 N–H and O–H groups in total. The molecule has 1 amide bonds. The zero-order chi connectivity index (χ0) is 18.8. The van der Waals surface area contributed by atoms with E-state index in [0.717, 1.165) is 16.6 Å². The van der Waals surface area contributed by atoms with Gasteiger partial charge < -0.3 is 19.4 Å². The fraction of sp³-hybridized carbons (Fsp3) is 0.200. The van der Waals surface area contributed by atoms with Crippen LogP contribution in [-0.2, 0) is 11.8 Å². The standard InChI is InChI=1S/C20H20N2O4/c1-12-18(14-7-5-6-8-16(14)22(12)2)19(23)20(24)21-15-11-13(25-3)9-10-17(15)26-4/h5-11H,1-4H3,(H,21,24). The molecule has 0 spiro atoms. The second-order valence-electron chi connectivity index (χ2n) is 5.89. The molecule has 0 saturated heterocycles. The van der Waals surface area contributed by atoms with Crippen LogP contribution < -0.4 is 14.8 Å². The molecular formula is C20H20N2O4. The van der Waals surface area contributed by atoms with Gasteiger partial charge in [0.15, 0.2) is 0 Å². The van der Waals surface area contributed by atoms with Gasteiger partial charge in [-0.2, -0.15) is 0 Å². The van der Waals surface area contributed by atoms with Crippen LogP contribution in [0.5, 0.6) is 11.5 Å². The van der Waals surface area contributed by atoms with Crippen LogP contribution in [0.1, 0.15) is 16.1 Å². The van der Waals surface area contributed by atoms with Crippen LogP contribution >= 0.6 is 0 Å². The van der Waals surface area contributed by atoms with Gasteiger partial charge >= 0.3 is 0 Å². The smallest absolute Gasteiger partial charge is 0.296 e. The molecule has 1 heterocycles. The topological polar surface area (TPSA) is 69.6 Å². The van der Waals surface area contributed by atoms with Gasteiger partial charge in [-0.05, 0) is 25.1 Å². The number of carbonyl (C=O) groups is 2. The Morgan fingerprint density at radius 3 is 2.46 bits per heavy atom. The van der Waals surface area contributed by atoms with Crippen LogP contribution in [0, 0.1) is 6.92 Å². The van der Waals surface area contributed by atoms with E-state index < -0.39 is 11.7 Å². The number of ketones is 1. The first kappa shape index (κ1) is 17.5. The molecule has 6 heteroatoms. The van der Waals surface area contributed by atoms with Crippen molar-refractivity contribution in [3.63, 3.8) is 0 Å². The number of methoxy groups -OCH3 is 2. The van der Waals surface area contributed by atoms with Gasteiger partial charge in [-0.1, -0.05) is 18.2 Å². The molecular weight excluding hydrogens is 332 g/mol. The number of nitrogens with zero attached hydrogens (tertiary/aromatic N) is 1.